The zero-order valence-corrected chi connectivity index (χ0v) is 12.3. The van der Waals surface area contributed by atoms with Crippen LogP contribution in [-0.2, 0) is 0 Å². The van der Waals surface area contributed by atoms with Gasteiger partial charge in [-0.05, 0) is 24.1 Å². The summed E-state index contributed by atoms with van der Waals surface area (Å²) in [6.07, 6.45) is 0.630. The lowest BCUT2D eigenvalue weighted by molar-refractivity contribution is 0.0866. The highest BCUT2D eigenvalue weighted by atomic mass is 19.1. The molecule has 0 aliphatic carbocycles. The van der Waals surface area contributed by atoms with E-state index in [1.807, 2.05) is 13.8 Å². The van der Waals surface area contributed by atoms with Crippen LogP contribution in [0, 0.1) is 17.6 Å². The molecular formula is C15H17F2N3O2. The fraction of sp³-hybridized carbons (Fsp3) is 0.333. The molecule has 2 aromatic rings. The van der Waals surface area contributed by atoms with Gasteiger partial charge < -0.3 is 10.4 Å². The van der Waals surface area contributed by atoms with E-state index in [0.717, 1.165) is 16.8 Å². The molecule has 1 amide bonds. The predicted octanol–water partition coefficient (Wildman–Crippen LogP) is 1.90. The number of benzene rings is 1. The maximum atomic E-state index is 13.7. The standard InChI is InChI=1S/C15H17F2N3O2/c1-9(2)13(21)8-18-15(22)12-6-7-20(19-12)14-10(16)4-3-5-11(14)17/h3-7,9,13,21H,8H2,1-2H3,(H,18,22). The third-order valence-corrected chi connectivity index (χ3v) is 3.23. The number of nitrogens with one attached hydrogen (secondary N) is 1. The van der Waals surface area contributed by atoms with Crippen molar-refractivity contribution in [1.29, 1.82) is 0 Å². The molecular weight excluding hydrogens is 292 g/mol. The molecule has 0 fully saturated rings. The van der Waals surface area contributed by atoms with Crippen molar-refractivity contribution in [3.8, 4) is 5.69 Å². The smallest absolute Gasteiger partial charge is 0.271 e. The number of hydrogen-bond acceptors (Lipinski definition) is 3. The van der Waals surface area contributed by atoms with Gasteiger partial charge in [-0.15, -0.1) is 0 Å². The fourth-order valence-corrected chi connectivity index (χ4v) is 1.80. The lowest BCUT2D eigenvalue weighted by Crippen LogP contribution is -2.34. The van der Waals surface area contributed by atoms with E-state index in [1.165, 1.54) is 18.3 Å². The third kappa shape index (κ3) is 3.48. The molecule has 1 atom stereocenters. The van der Waals surface area contributed by atoms with Gasteiger partial charge in [-0.1, -0.05) is 19.9 Å². The van der Waals surface area contributed by atoms with Gasteiger partial charge in [0.2, 0.25) is 0 Å². The average Bonchev–Trinajstić information content (AvgIpc) is 2.93. The lowest BCUT2D eigenvalue weighted by atomic mass is 10.1. The van der Waals surface area contributed by atoms with E-state index in [4.69, 9.17) is 0 Å². The average molecular weight is 309 g/mol. The lowest BCUT2D eigenvalue weighted by Gasteiger charge is -2.14. The highest BCUT2D eigenvalue weighted by molar-refractivity contribution is 5.92. The van der Waals surface area contributed by atoms with Crippen LogP contribution in [0.15, 0.2) is 30.5 Å². The van der Waals surface area contributed by atoms with Gasteiger partial charge in [0.05, 0.1) is 6.10 Å². The summed E-state index contributed by atoms with van der Waals surface area (Å²) in [5.41, 5.74) is -0.331. The summed E-state index contributed by atoms with van der Waals surface area (Å²) in [7, 11) is 0. The number of aliphatic hydroxyl groups is 1. The number of aliphatic hydroxyl groups excluding tert-OH is 1. The second kappa shape index (κ2) is 6.65. The molecule has 118 valence electrons. The van der Waals surface area contributed by atoms with Crippen LogP contribution in [0.3, 0.4) is 0 Å². The molecule has 2 N–H and O–H groups in total. The maximum absolute atomic E-state index is 13.7. The van der Waals surface area contributed by atoms with Crippen LogP contribution in [0.5, 0.6) is 0 Å². The van der Waals surface area contributed by atoms with Crippen molar-refractivity contribution >= 4 is 5.91 Å². The molecule has 7 heteroatoms. The van der Waals surface area contributed by atoms with E-state index in [-0.39, 0.29) is 23.8 Å². The summed E-state index contributed by atoms with van der Waals surface area (Å²) in [4.78, 5) is 11.9. The third-order valence-electron chi connectivity index (χ3n) is 3.23. The monoisotopic (exact) mass is 309 g/mol. The largest absolute Gasteiger partial charge is 0.391 e. The minimum absolute atomic E-state index is 0.00497. The molecule has 0 aliphatic heterocycles. The molecule has 2 rings (SSSR count). The normalized spacial score (nSPS) is 12.5. The van der Waals surface area contributed by atoms with Crippen LogP contribution in [0.4, 0.5) is 8.78 Å². The Kier molecular flexibility index (Phi) is 4.87. The second-order valence-electron chi connectivity index (χ2n) is 5.24. The summed E-state index contributed by atoms with van der Waals surface area (Å²) in [5.74, 6) is -2.06. The summed E-state index contributed by atoms with van der Waals surface area (Å²) in [6, 6.07) is 4.82. The van der Waals surface area contributed by atoms with Gasteiger partial charge in [-0.25, -0.2) is 13.5 Å². The van der Waals surface area contributed by atoms with Crippen molar-refractivity contribution < 1.29 is 18.7 Å². The first-order valence-electron chi connectivity index (χ1n) is 6.86. The Bertz CT molecular complexity index is 650. The molecule has 1 unspecified atom stereocenters. The SMILES string of the molecule is CC(C)C(O)CNC(=O)c1ccn(-c2c(F)cccc2F)n1. The van der Waals surface area contributed by atoms with Gasteiger partial charge in [0.25, 0.3) is 5.91 Å². The Morgan fingerprint density at radius 2 is 1.95 bits per heavy atom. The Balaban J connectivity index is 2.13. The quantitative estimate of drug-likeness (QED) is 0.886. The van der Waals surface area contributed by atoms with Gasteiger partial charge in [-0.2, -0.15) is 5.10 Å². The number of amides is 1. The summed E-state index contributed by atoms with van der Waals surface area (Å²) < 4.78 is 28.3. The van der Waals surface area contributed by atoms with Crippen LogP contribution in [-0.4, -0.2) is 33.4 Å². The Labute approximate surface area is 126 Å². The van der Waals surface area contributed by atoms with Crippen LogP contribution in [0.25, 0.3) is 5.69 Å². The van der Waals surface area contributed by atoms with Gasteiger partial charge in [0.1, 0.15) is 5.69 Å². The number of rotatable bonds is 5. The molecule has 1 aromatic carbocycles. The van der Waals surface area contributed by atoms with Crippen molar-refractivity contribution in [2.24, 2.45) is 5.92 Å². The van der Waals surface area contributed by atoms with E-state index < -0.39 is 23.6 Å². The van der Waals surface area contributed by atoms with E-state index in [0.29, 0.717) is 0 Å². The highest BCUT2D eigenvalue weighted by Gasteiger charge is 2.16. The topological polar surface area (TPSA) is 67.2 Å². The Hall–Kier alpha value is -2.28. The number of nitrogens with zero attached hydrogens (tertiary/aromatic N) is 2. The molecule has 5 nitrogen and oxygen atoms in total. The van der Waals surface area contributed by atoms with Gasteiger partial charge >= 0.3 is 0 Å². The summed E-state index contributed by atoms with van der Waals surface area (Å²) >= 11 is 0. The number of hydrogen-bond donors (Lipinski definition) is 2. The van der Waals surface area contributed by atoms with Crippen molar-refractivity contribution in [1.82, 2.24) is 15.1 Å². The summed E-state index contributed by atoms with van der Waals surface area (Å²) in [5, 5.41) is 16.0. The number of halogens is 2. The summed E-state index contributed by atoms with van der Waals surface area (Å²) in [6.45, 7) is 3.73. The number of aromatic nitrogens is 2. The molecule has 0 aliphatic rings. The Morgan fingerprint density at radius 1 is 1.32 bits per heavy atom. The van der Waals surface area contributed by atoms with Crippen LogP contribution < -0.4 is 5.32 Å². The molecule has 22 heavy (non-hydrogen) atoms. The number of carbonyl (C=O) groups is 1. The number of carbonyl (C=O) groups excluding carboxylic acids is 1. The molecule has 0 saturated heterocycles. The number of para-hydroxylation sites is 1. The minimum Gasteiger partial charge on any atom is -0.391 e. The Morgan fingerprint density at radius 3 is 2.55 bits per heavy atom. The van der Waals surface area contributed by atoms with Crippen molar-refractivity contribution in [3.05, 3.63) is 47.8 Å². The van der Waals surface area contributed by atoms with Crippen LogP contribution >= 0.6 is 0 Å². The van der Waals surface area contributed by atoms with Crippen LogP contribution in [0.2, 0.25) is 0 Å². The van der Waals surface area contributed by atoms with Crippen molar-refractivity contribution in [2.45, 2.75) is 20.0 Å². The van der Waals surface area contributed by atoms with Crippen LogP contribution in [0.1, 0.15) is 24.3 Å². The maximum Gasteiger partial charge on any atom is 0.271 e. The molecule has 0 bridgehead atoms. The van der Waals surface area contributed by atoms with E-state index in [2.05, 4.69) is 10.4 Å². The molecule has 1 heterocycles. The predicted molar refractivity (Wildman–Crippen MR) is 76.7 cm³/mol. The first-order valence-corrected chi connectivity index (χ1v) is 6.86. The fourth-order valence-electron chi connectivity index (χ4n) is 1.80. The molecule has 0 spiro atoms. The highest BCUT2D eigenvalue weighted by Crippen LogP contribution is 2.16. The minimum atomic E-state index is -0.773. The first-order chi connectivity index (χ1) is 10.4. The van der Waals surface area contributed by atoms with E-state index in [9.17, 15) is 18.7 Å². The van der Waals surface area contributed by atoms with Gasteiger partial charge in [0.15, 0.2) is 17.3 Å². The molecule has 0 radical (unpaired) electrons. The second-order valence-corrected chi connectivity index (χ2v) is 5.24. The first kappa shape index (κ1) is 16.1. The van der Waals surface area contributed by atoms with E-state index >= 15 is 0 Å². The van der Waals surface area contributed by atoms with Crippen molar-refractivity contribution in [3.63, 3.8) is 0 Å². The zero-order chi connectivity index (χ0) is 16.3. The molecule has 0 saturated carbocycles. The molecule has 1 aromatic heterocycles. The van der Waals surface area contributed by atoms with Crippen molar-refractivity contribution in [2.75, 3.05) is 6.54 Å². The van der Waals surface area contributed by atoms with E-state index in [1.54, 1.807) is 0 Å². The van der Waals surface area contributed by atoms with Gasteiger partial charge in [-0.3, -0.25) is 4.79 Å². The zero-order valence-electron chi connectivity index (χ0n) is 12.3. The van der Waals surface area contributed by atoms with Gasteiger partial charge in [0, 0.05) is 12.7 Å².